The van der Waals surface area contributed by atoms with Gasteiger partial charge in [-0.15, -0.1) is 0 Å². The maximum atomic E-state index is 13.6. The number of unbranched alkanes of at least 4 members (excludes halogenated alkanes) is 3. The van der Waals surface area contributed by atoms with Gasteiger partial charge in [-0.3, -0.25) is 9.59 Å². The van der Waals surface area contributed by atoms with Gasteiger partial charge in [-0.1, -0.05) is 57.7 Å². The van der Waals surface area contributed by atoms with E-state index in [0.717, 1.165) is 32.1 Å². The molecule has 0 saturated heterocycles. The zero-order chi connectivity index (χ0) is 26.6. The quantitative estimate of drug-likeness (QED) is 0.334. The Hall–Kier alpha value is -2.77. The Morgan fingerprint density at radius 3 is 2.23 bits per heavy atom. The Balaban J connectivity index is 3.32. The summed E-state index contributed by atoms with van der Waals surface area (Å²) in [6.45, 7) is 13.2. The summed E-state index contributed by atoms with van der Waals surface area (Å²) in [5, 5.41) is 16.2. The molecule has 35 heavy (non-hydrogen) atoms. The fourth-order valence-corrected chi connectivity index (χ4v) is 3.87. The standard InChI is InChI=1S/C27H45N3O5/c1-8-10-11-14-18-30(25(33)20(4)29-26(34)35-27(5,6)7)23(21-16-12-13-17-22(21)31)24(32)28-19(3)15-9-2/h12-13,16-17,19-20,23,31H,8-11,14-15,18H2,1-7H3,(H,28,32)(H,29,34). The van der Waals surface area contributed by atoms with E-state index in [9.17, 15) is 19.5 Å². The molecule has 3 unspecified atom stereocenters. The van der Waals surface area contributed by atoms with Crippen molar-refractivity contribution >= 4 is 17.9 Å². The molecule has 0 heterocycles. The van der Waals surface area contributed by atoms with Gasteiger partial charge in [-0.05, 0) is 53.5 Å². The van der Waals surface area contributed by atoms with E-state index in [4.69, 9.17) is 4.74 Å². The Bertz CT molecular complexity index is 821. The zero-order valence-electron chi connectivity index (χ0n) is 22.5. The van der Waals surface area contributed by atoms with Gasteiger partial charge in [-0.2, -0.15) is 0 Å². The number of phenols is 1. The van der Waals surface area contributed by atoms with Crippen LogP contribution in [0.3, 0.4) is 0 Å². The first-order chi connectivity index (χ1) is 16.4. The Morgan fingerprint density at radius 1 is 1.00 bits per heavy atom. The van der Waals surface area contributed by atoms with Crippen LogP contribution >= 0.6 is 0 Å². The third-order valence-corrected chi connectivity index (χ3v) is 5.54. The van der Waals surface area contributed by atoms with Gasteiger partial charge < -0.3 is 25.4 Å². The number of aromatic hydroxyl groups is 1. The zero-order valence-corrected chi connectivity index (χ0v) is 22.5. The molecule has 0 spiro atoms. The van der Waals surface area contributed by atoms with Crippen LogP contribution in [-0.4, -0.2) is 52.1 Å². The number of carbonyl (C=O) groups is 3. The van der Waals surface area contributed by atoms with Crippen LogP contribution in [0, 0.1) is 0 Å². The smallest absolute Gasteiger partial charge is 0.408 e. The number of rotatable bonds is 13. The molecule has 1 aromatic rings. The van der Waals surface area contributed by atoms with Crippen molar-refractivity contribution in [3.63, 3.8) is 0 Å². The number of nitrogens with one attached hydrogen (secondary N) is 2. The molecule has 0 aliphatic heterocycles. The second kappa shape index (κ2) is 14.6. The predicted octanol–water partition coefficient (Wildman–Crippen LogP) is 5.06. The predicted molar refractivity (Wildman–Crippen MR) is 138 cm³/mol. The van der Waals surface area contributed by atoms with E-state index in [1.54, 1.807) is 45.9 Å². The van der Waals surface area contributed by atoms with Gasteiger partial charge in [0.2, 0.25) is 11.8 Å². The molecule has 0 radical (unpaired) electrons. The lowest BCUT2D eigenvalue weighted by Gasteiger charge is -2.34. The summed E-state index contributed by atoms with van der Waals surface area (Å²) in [6.07, 6.45) is 4.62. The van der Waals surface area contributed by atoms with Crippen LogP contribution in [0.1, 0.15) is 98.6 Å². The van der Waals surface area contributed by atoms with Crippen molar-refractivity contribution in [1.82, 2.24) is 15.5 Å². The highest BCUT2D eigenvalue weighted by atomic mass is 16.6. The minimum Gasteiger partial charge on any atom is -0.508 e. The van der Waals surface area contributed by atoms with E-state index in [-0.39, 0.29) is 17.7 Å². The number of benzene rings is 1. The van der Waals surface area contributed by atoms with Gasteiger partial charge >= 0.3 is 6.09 Å². The van der Waals surface area contributed by atoms with E-state index in [2.05, 4.69) is 17.6 Å². The second-order valence-electron chi connectivity index (χ2n) is 10.1. The molecule has 0 aliphatic carbocycles. The van der Waals surface area contributed by atoms with Gasteiger partial charge in [0.25, 0.3) is 0 Å². The summed E-state index contributed by atoms with van der Waals surface area (Å²) in [5.41, 5.74) is -0.359. The van der Waals surface area contributed by atoms with Crippen molar-refractivity contribution < 1.29 is 24.2 Å². The first-order valence-electron chi connectivity index (χ1n) is 12.8. The van der Waals surface area contributed by atoms with Crippen LogP contribution in [0.15, 0.2) is 24.3 Å². The van der Waals surface area contributed by atoms with Crippen molar-refractivity contribution in [3.05, 3.63) is 29.8 Å². The molecule has 8 heteroatoms. The van der Waals surface area contributed by atoms with Gasteiger partial charge in [0.1, 0.15) is 23.4 Å². The van der Waals surface area contributed by atoms with Gasteiger partial charge in [0, 0.05) is 18.2 Å². The van der Waals surface area contributed by atoms with E-state index < -0.39 is 29.7 Å². The van der Waals surface area contributed by atoms with Crippen molar-refractivity contribution in [2.75, 3.05) is 6.54 Å². The molecule has 1 aromatic carbocycles. The maximum absolute atomic E-state index is 13.6. The average molecular weight is 492 g/mol. The SMILES string of the molecule is CCCCCCN(C(=O)C(C)NC(=O)OC(C)(C)C)C(C(=O)NC(C)CCC)c1ccccc1O. The Morgan fingerprint density at radius 2 is 1.66 bits per heavy atom. The van der Waals surface area contributed by atoms with Crippen molar-refractivity contribution in [2.45, 2.75) is 111 Å². The van der Waals surface area contributed by atoms with Gasteiger partial charge in [-0.25, -0.2) is 4.79 Å². The number of phenolic OH excluding ortho intramolecular Hbond substituents is 1. The van der Waals surface area contributed by atoms with Gasteiger partial charge in [0.15, 0.2) is 0 Å². The molecular weight excluding hydrogens is 446 g/mol. The number of nitrogens with zero attached hydrogens (tertiary/aromatic N) is 1. The third-order valence-electron chi connectivity index (χ3n) is 5.54. The van der Waals surface area contributed by atoms with Crippen LogP contribution in [0.2, 0.25) is 0 Å². The molecule has 0 aromatic heterocycles. The molecule has 0 fully saturated rings. The van der Waals surface area contributed by atoms with Crippen LogP contribution in [-0.2, 0) is 14.3 Å². The second-order valence-corrected chi connectivity index (χ2v) is 10.1. The van der Waals surface area contributed by atoms with Gasteiger partial charge in [0.05, 0.1) is 0 Å². The molecule has 0 saturated carbocycles. The lowest BCUT2D eigenvalue weighted by Crippen LogP contribution is -2.52. The molecule has 3 amide bonds. The fourth-order valence-electron chi connectivity index (χ4n) is 3.87. The molecule has 0 aliphatic rings. The molecule has 3 N–H and O–H groups in total. The number of amides is 3. The number of alkyl carbamates (subject to hydrolysis) is 1. The largest absolute Gasteiger partial charge is 0.508 e. The Labute approximate surface area is 210 Å². The molecule has 0 bridgehead atoms. The fraction of sp³-hybridized carbons (Fsp3) is 0.667. The van der Waals surface area contributed by atoms with Crippen LogP contribution in [0.25, 0.3) is 0 Å². The van der Waals surface area contributed by atoms with E-state index in [1.807, 2.05) is 13.8 Å². The minimum atomic E-state index is -1.03. The summed E-state index contributed by atoms with van der Waals surface area (Å²) < 4.78 is 5.30. The monoisotopic (exact) mass is 491 g/mol. The molecular formula is C27H45N3O5. The normalized spacial score (nSPS) is 13.9. The lowest BCUT2D eigenvalue weighted by molar-refractivity contribution is -0.142. The summed E-state index contributed by atoms with van der Waals surface area (Å²) in [5.74, 6) is -0.838. The first kappa shape index (κ1) is 30.3. The molecule has 1 rings (SSSR count). The maximum Gasteiger partial charge on any atom is 0.408 e. The number of ether oxygens (including phenoxy) is 1. The minimum absolute atomic E-state index is 0.0603. The molecule has 198 valence electrons. The van der Waals surface area contributed by atoms with E-state index in [1.165, 1.54) is 11.0 Å². The summed E-state index contributed by atoms with van der Waals surface area (Å²) >= 11 is 0. The number of carbonyl (C=O) groups excluding carboxylic acids is 3. The lowest BCUT2D eigenvalue weighted by atomic mass is 10.0. The average Bonchev–Trinajstić information content (AvgIpc) is 2.75. The number of hydrogen-bond acceptors (Lipinski definition) is 5. The van der Waals surface area contributed by atoms with E-state index in [0.29, 0.717) is 18.5 Å². The third kappa shape index (κ3) is 10.6. The van der Waals surface area contributed by atoms with Crippen molar-refractivity contribution in [2.24, 2.45) is 0 Å². The molecule has 3 atom stereocenters. The highest BCUT2D eigenvalue weighted by molar-refractivity contribution is 5.92. The molecule has 8 nitrogen and oxygen atoms in total. The highest BCUT2D eigenvalue weighted by Crippen LogP contribution is 2.30. The van der Waals surface area contributed by atoms with Crippen molar-refractivity contribution in [3.8, 4) is 5.75 Å². The highest BCUT2D eigenvalue weighted by Gasteiger charge is 2.36. The first-order valence-corrected chi connectivity index (χ1v) is 12.8. The number of para-hydroxylation sites is 1. The van der Waals surface area contributed by atoms with E-state index >= 15 is 0 Å². The topological polar surface area (TPSA) is 108 Å². The van der Waals surface area contributed by atoms with Crippen LogP contribution < -0.4 is 10.6 Å². The number of hydrogen-bond donors (Lipinski definition) is 3. The summed E-state index contributed by atoms with van der Waals surface area (Å²) in [6, 6.07) is 4.52. The summed E-state index contributed by atoms with van der Waals surface area (Å²) in [7, 11) is 0. The van der Waals surface area contributed by atoms with Crippen LogP contribution in [0.4, 0.5) is 4.79 Å². The van der Waals surface area contributed by atoms with Crippen LogP contribution in [0.5, 0.6) is 5.75 Å². The summed E-state index contributed by atoms with van der Waals surface area (Å²) in [4.78, 5) is 41.0. The Kier molecular flexibility index (Phi) is 12.6. The van der Waals surface area contributed by atoms with Crippen molar-refractivity contribution in [1.29, 1.82) is 0 Å².